The number of aryl methyl sites for hydroxylation is 3. The van der Waals surface area contributed by atoms with E-state index in [0.717, 1.165) is 53.2 Å². The molecule has 0 N–H and O–H groups in total. The highest BCUT2D eigenvalue weighted by molar-refractivity contribution is 7.30. The first kappa shape index (κ1) is 51.8. The first-order valence-corrected chi connectivity index (χ1v) is 27.1. The highest BCUT2D eigenvalue weighted by atomic mass is 32.1. The van der Waals surface area contributed by atoms with Gasteiger partial charge in [0, 0.05) is 50.2 Å². The van der Waals surface area contributed by atoms with Crippen LogP contribution < -0.4 is 0 Å². The maximum absolute atomic E-state index is 13.1. The zero-order chi connectivity index (χ0) is 46.7. The van der Waals surface area contributed by atoms with Crippen molar-refractivity contribution in [3.05, 3.63) is 93.2 Å². The van der Waals surface area contributed by atoms with E-state index in [-0.39, 0.29) is 26.4 Å². The molecule has 0 radical (unpaired) electrons. The maximum atomic E-state index is 13.1. The van der Waals surface area contributed by atoms with Crippen molar-refractivity contribution in [3.63, 3.8) is 0 Å². The number of ether oxygens (including phenoxy) is 4. The normalized spacial score (nSPS) is 11.2. The van der Waals surface area contributed by atoms with Gasteiger partial charge in [0.25, 0.3) is 0 Å². The molecule has 13 heteroatoms. The molecule has 0 aliphatic rings. The Balaban J connectivity index is 1.46. The molecule has 5 heterocycles. The Morgan fingerprint density at radius 3 is 1.20 bits per heavy atom. The summed E-state index contributed by atoms with van der Waals surface area (Å²) in [6.07, 6.45) is 17.0. The predicted octanol–water partition coefficient (Wildman–Crippen LogP) is 15.6. The molecule has 0 aliphatic heterocycles. The first-order valence-electron chi connectivity index (χ1n) is 23.0. The molecule has 0 aromatic carbocycles. The summed E-state index contributed by atoms with van der Waals surface area (Å²) in [6, 6.07) is 14.9. The van der Waals surface area contributed by atoms with Crippen LogP contribution in [0.3, 0.4) is 0 Å². The van der Waals surface area contributed by atoms with Crippen molar-refractivity contribution in [3.8, 4) is 39.0 Å². The smallest absolute Gasteiger partial charge is 0.348 e. The number of carbonyl (C=O) groups is 4. The van der Waals surface area contributed by atoms with E-state index in [9.17, 15) is 19.2 Å². The van der Waals surface area contributed by atoms with Crippen LogP contribution in [0.25, 0.3) is 39.0 Å². The minimum absolute atomic E-state index is 0.0208. The molecule has 0 saturated heterocycles. The van der Waals surface area contributed by atoms with E-state index in [1.165, 1.54) is 122 Å². The van der Waals surface area contributed by atoms with E-state index in [1.807, 2.05) is 46.9 Å². The molecule has 8 nitrogen and oxygen atoms in total. The topological polar surface area (TPSA) is 105 Å². The second-order valence-corrected chi connectivity index (χ2v) is 21.6. The summed E-state index contributed by atoms with van der Waals surface area (Å²) in [4.78, 5) is 60.2. The quantitative estimate of drug-likeness (QED) is 0.0202. The van der Waals surface area contributed by atoms with E-state index < -0.39 is 23.9 Å². The van der Waals surface area contributed by atoms with Gasteiger partial charge in [0.1, 0.15) is 36.2 Å². The summed E-state index contributed by atoms with van der Waals surface area (Å²) in [6.45, 7) is 17.0. The third-order valence-corrected chi connectivity index (χ3v) is 17.0. The van der Waals surface area contributed by atoms with Crippen LogP contribution in [-0.2, 0) is 47.8 Å². The number of rotatable bonds is 29. The molecule has 5 aromatic heterocycles. The van der Waals surface area contributed by atoms with E-state index in [1.54, 1.807) is 25.2 Å². The van der Waals surface area contributed by atoms with Gasteiger partial charge >= 0.3 is 23.9 Å². The molecule has 0 spiro atoms. The Hall–Kier alpha value is -4.14. The summed E-state index contributed by atoms with van der Waals surface area (Å²) in [5, 5.41) is 0. The van der Waals surface area contributed by atoms with Crippen molar-refractivity contribution in [2.75, 3.05) is 26.4 Å². The van der Waals surface area contributed by atoms with Crippen LogP contribution in [0.1, 0.15) is 148 Å². The van der Waals surface area contributed by atoms with Crippen molar-refractivity contribution in [2.45, 2.75) is 131 Å². The van der Waals surface area contributed by atoms with Gasteiger partial charge in [-0.15, -0.1) is 56.7 Å². The van der Waals surface area contributed by atoms with Gasteiger partial charge in [-0.1, -0.05) is 91.7 Å². The van der Waals surface area contributed by atoms with Crippen LogP contribution >= 0.6 is 56.7 Å². The molecule has 0 saturated carbocycles. The van der Waals surface area contributed by atoms with Crippen molar-refractivity contribution in [1.82, 2.24) is 0 Å². The predicted molar refractivity (Wildman–Crippen MR) is 273 cm³/mol. The molecule has 65 heavy (non-hydrogen) atoms. The fraction of sp³-hybridized carbons (Fsp3) is 0.462. The number of thiophene rings is 5. The number of carbonyl (C=O) groups excluding carboxylic acids is 4. The fourth-order valence-electron chi connectivity index (χ4n) is 7.12. The molecule has 0 bridgehead atoms. The van der Waals surface area contributed by atoms with Crippen LogP contribution in [0.15, 0.2) is 66.8 Å². The lowest BCUT2D eigenvalue weighted by Gasteiger charge is -2.05. The zero-order valence-corrected chi connectivity index (χ0v) is 42.8. The van der Waals surface area contributed by atoms with Crippen LogP contribution in [-0.4, -0.2) is 50.3 Å². The second kappa shape index (κ2) is 26.9. The van der Waals surface area contributed by atoms with Gasteiger partial charge in [-0.25, -0.2) is 19.2 Å². The van der Waals surface area contributed by atoms with E-state index in [0.29, 0.717) is 20.9 Å². The van der Waals surface area contributed by atoms with Gasteiger partial charge < -0.3 is 18.9 Å². The second-order valence-electron chi connectivity index (χ2n) is 16.3. The van der Waals surface area contributed by atoms with E-state index in [2.05, 4.69) is 52.1 Å². The molecule has 0 atom stereocenters. The van der Waals surface area contributed by atoms with Crippen molar-refractivity contribution < 1.29 is 38.1 Å². The zero-order valence-electron chi connectivity index (χ0n) is 38.7. The molecular formula is C52H64O8S5. The molecule has 0 amide bonds. The summed E-state index contributed by atoms with van der Waals surface area (Å²) in [7, 11) is 0. The molecule has 350 valence electrons. The summed E-state index contributed by atoms with van der Waals surface area (Å²) in [5.74, 6) is -1.87. The fourth-order valence-corrected chi connectivity index (χ4v) is 13.0. The summed E-state index contributed by atoms with van der Waals surface area (Å²) >= 11 is 8.39. The van der Waals surface area contributed by atoms with Gasteiger partial charge in [-0.2, -0.15) is 0 Å². The number of hydrogen-bond acceptors (Lipinski definition) is 13. The average molecular weight is 977 g/mol. The SMILES string of the molecule is C=C(C)C(=O)OCCOC(=O)c1ccc(-c2cc(CCCCCC)c(-c3cc(CCCCCC)c(-c4cc(CCCCCC)c(-c5ccc(C(=O)OCCOC(=O)C(=C)C)s5)s4)s3)s2)s1. The van der Waals surface area contributed by atoms with Crippen LogP contribution in [0, 0.1) is 0 Å². The molecule has 5 aromatic rings. The van der Waals surface area contributed by atoms with E-state index in [4.69, 9.17) is 18.9 Å². The third kappa shape index (κ3) is 15.5. The third-order valence-electron chi connectivity index (χ3n) is 10.7. The van der Waals surface area contributed by atoms with E-state index >= 15 is 0 Å². The number of unbranched alkanes of at least 4 members (excludes halogenated alkanes) is 9. The van der Waals surface area contributed by atoms with Gasteiger partial charge in [0.05, 0.1) is 0 Å². The van der Waals surface area contributed by atoms with Gasteiger partial charge in [0.15, 0.2) is 0 Å². The lowest BCUT2D eigenvalue weighted by molar-refractivity contribution is -0.140. The Bertz CT molecular complexity index is 2370. The standard InChI is InChI=1S/C52H64O8S5/c1-8-11-14-17-20-36-31-43(39-23-25-41(61-39)51(55)59-29-27-57-49(53)34(4)5)63-47(36)44-33-38(22-19-16-13-10-3)48(65-44)45-32-37(21-18-15-12-9-2)46(64-45)40-24-26-42(62-40)52(56)60-30-28-58-50(54)35(6)7/h23-26,31-33H,4,6,8-22,27-30H2,1-3,5,7H3. The highest BCUT2D eigenvalue weighted by Gasteiger charge is 2.23. The van der Waals surface area contributed by atoms with Gasteiger partial charge in [-0.05, 0) is 112 Å². The largest absolute Gasteiger partial charge is 0.459 e. The molecule has 0 unspecified atom stereocenters. The summed E-state index contributed by atoms with van der Waals surface area (Å²) in [5.41, 5.74) is 4.65. The number of hydrogen-bond donors (Lipinski definition) is 0. The number of esters is 4. The van der Waals surface area contributed by atoms with Crippen LogP contribution in [0.4, 0.5) is 0 Å². The molecule has 5 rings (SSSR count). The molecule has 0 aliphatic carbocycles. The first-order chi connectivity index (χ1) is 31.4. The minimum atomic E-state index is -0.504. The highest BCUT2D eigenvalue weighted by Crippen LogP contribution is 2.50. The van der Waals surface area contributed by atoms with Crippen LogP contribution in [0.5, 0.6) is 0 Å². The molecule has 0 fully saturated rings. The Morgan fingerprint density at radius 2 is 0.785 bits per heavy atom. The Labute approximate surface area is 405 Å². The monoisotopic (exact) mass is 976 g/mol. The van der Waals surface area contributed by atoms with Crippen molar-refractivity contribution in [1.29, 1.82) is 0 Å². The van der Waals surface area contributed by atoms with Crippen LogP contribution in [0.2, 0.25) is 0 Å². The Kier molecular flexibility index (Phi) is 21.4. The summed E-state index contributed by atoms with van der Waals surface area (Å²) < 4.78 is 21.1. The van der Waals surface area contributed by atoms with Crippen molar-refractivity contribution >= 4 is 80.6 Å². The van der Waals surface area contributed by atoms with Gasteiger partial charge in [-0.3, -0.25) is 0 Å². The average Bonchev–Trinajstić information content (AvgIpc) is 4.15. The molecular weight excluding hydrogens is 913 g/mol. The minimum Gasteiger partial charge on any atom is -0.459 e. The lowest BCUT2D eigenvalue weighted by atomic mass is 10.0. The maximum Gasteiger partial charge on any atom is 0.348 e. The Morgan fingerprint density at radius 1 is 0.431 bits per heavy atom. The van der Waals surface area contributed by atoms with Gasteiger partial charge in [0.2, 0.25) is 0 Å². The lowest BCUT2D eigenvalue weighted by Crippen LogP contribution is -2.13. The van der Waals surface area contributed by atoms with Crippen molar-refractivity contribution in [2.24, 2.45) is 0 Å².